The quantitative estimate of drug-likeness (QED) is 0.425. The highest BCUT2D eigenvalue weighted by Gasteiger charge is 1.87. The van der Waals surface area contributed by atoms with Gasteiger partial charge in [0.25, 0.3) is 0 Å². The van der Waals surface area contributed by atoms with E-state index in [0.29, 0.717) is 0 Å². The second-order valence-corrected chi connectivity index (χ2v) is 2.75. The monoisotopic (exact) mass is 153 g/mol. The zero-order chi connectivity index (χ0) is 8.53. The van der Waals surface area contributed by atoms with Crippen molar-refractivity contribution in [3.63, 3.8) is 0 Å². The third kappa shape index (κ3) is 7.31. The Balaban J connectivity index is 3.45. The van der Waals surface area contributed by atoms with Crippen LogP contribution in [0.1, 0.15) is 40.0 Å². The summed E-state index contributed by atoms with van der Waals surface area (Å²) in [5.41, 5.74) is 1.28. The Morgan fingerprint density at radius 2 is 2.18 bits per heavy atom. The summed E-state index contributed by atoms with van der Waals surface area (Å²) in [5, 5.41) is 0. The fraction of sp³-hybridized carbons (Fsp3) is 0.700. The summed E-state index contributed by atoms with van der Waals surface area (Å²) in [7, 11) is 0. The van der Waals surface area contributed by atoms with Crippen LogP contribution in [0.25, 0.3) is 0 Å². The molecule has 11 heavy (non-hydrogen) atoms. The van der Waals surface area contributed by atoms with Crippen molar-refractivity contribution in [2.75, 3.05) is 6.54 Å². The third-order valence-electron chi connectivity index (χ3n) is 1.59. The summed E-state index contributed by atoms with van der Waals surface area (Å²) in [5.74, 6) is 0. The molecule has 0 spiro atoms. The zero-order valence-corrected chi connectivity index (χ0v) is 7.93. The van der Waals surface area contributed by atoms with Gasteiger partial charge in [0.05, 0.1) is 6.54 Å². The topological polar surface area (TPSA) is 12.4 Å². The molecule has 0 aromatic carbocycles. The number of hydrogen-bond donors (Lipinski definition) is 0. The molecule has 0 radical (unpaired) electrons. The van der Waals surface area contributed by atoms with Crippen molar-refractivity contribution in [3.05, 3.63) is 12.2 Å². The summed E-state index contributed by atoms with van der Waals surface area (Å²) >= 11 is 0. The molecule has 1 nitrogen and oxygen atoms in total. The maximum Gasteiger partial charge on any atom is 0.0569 e. The first-order chi connectivity index (χ1) is 5.31. The van der Waals surface area contributed by atoms with Crippen LogP contribution in [0.15, 0.2) is 17.1 Å². The fourth-order valence-corrected chi connectivity index (χ4v) is 0.826. The molecule has 0 amide bonds. The zero-order valence-electron chi connectivity index (χ0n) is 7.93. The molecule has 0 rings (SSSR count). The van der Waals surface area contributed by atoms with Crippen LogP contribution in [0, 0.1) is 0 Å². The van der Waals surface area contributed by atoms with Crippen molar-refractivity contribution in [3.8, 4) is 0 Å². The van der Waals surface area contributed by atoms with Crippen LogP contribution in [-0.2, 0) is 0 Å². The Bertz CT molecular complexity index is 134. The van der Waals surface area contributed by atoms with Crippen molar-refractivity contribution < 1.29 is 0 Å². The predicted octanol–water partition coefficient (Wildman–Crippen LogP) is 3.21. The average Bonchev–Trinajstić information content (AvgIpc) is 2.01. The van der Waals surface area contributed by atoms with Gasteiger partial charge in [-0.05, 0) is 26.7 Å². The normalized spacial score (nSPS) is 12.8. The lowest BCUT2D eigenvalue weighted by Crippen LogP contribution is -1.91. The first-order valence-electron chi connectivity index (χ1n) is 4.42. The molecule has 0 aliphatic heterocycles. The SMILES string of the molecule is CC=CCN=C(C)CCCC. The highest BCUT2D eigenvalue weighted by molar-refractivity contribution is 5.81. The van der Waals surface area contributed by atoms with E-state index in [9.17, 15) is 0 Å². The molecule has 0 saturated carbocycles. The van der Waals surface area contributed by atoms with E-state index < -0.39 is 0 Å². The van der Waals surface area contributed by atoms with Gasteiger partial charge in [-0.1, -0.05) is 25.5 Å². The summed E-state index contributed by atoms with van der Waals surface area (Å²) in [6.45, 7) is 7.20. The maximum atomic E-state index is 4.38. The Kier molecular flexibility index (Phi) is 7.11. The van der Waals surface area contributed by atoms with Gasteiger partial charge < -0.3 is 0 Å². The largest absolute Gasteiger partial charge is 0.290 e. The maximum absolute atomic E-state index is 4.38. The molecule has 0 aliphatic rings. The Hall–Kier alpha value is -0.590. The Morgan fingerprint density at radius 1 is 1.45 bits per heavy atom. The van der Waals surface area contributed by atoms with Crippen molar-refractivity contribution in [2.24, 2.45) is 4.99 Å². The van der Waals surface area contributed by atoms with Gasteiger partial charge in [0.2, 0.25) is 0 Å². The van der Waals surface area contributed by atoms with Gasteiger partial charge in [0.15, 0.2) is 0 Å². The van der Waals surface area contributed by atoms with Crippen molar-refractivity contribution in [2.45, 2.75) is 40.0 Å². The van der Waals surface area contributed by atoms with E-state index >= 15 is 0 Å². The fourth-order valence-electron chi connectivity index (χ4n) is 0.826. The minimum atomic E-state index is 0.853. The van der Waals surface area contributed by atoms with Crippen LogP contribution in [0.2, 0.25) is 0 Å². The third-order valence-corrected chi connectivity index (χ3v) is 1.59. The van der Waals surface area contributed by atoms with Gasteiger partial charge in [0.1, 0.15) is 0 Å². The van der Waals surface area contributed by atoms with Crippen LogP contribution in [0.4, 0.5) is 0 Å². The molecular weight excluding hydrogens is 134 g/mol. The van der Waals surface area contributed by atoms with Crippen LogP contribution >= 0.6 is 0 Å². The number of aliphatic imine (C=N–C) groups is 1. The molecule has 0 aromatic heterocycles. The van der Waals surface area contributed by atoms with E-state index in [4.69, 9.17) is 0 Å². The van der Waals surface area contributed by atoms with E-state index in [1.165, 1.54) is 18.6 Å². The van der Waals surface area contributed by atoms with Crippen LogP contribution < -0.4 is 0 Å². The Morgan fingerprint density at radius 3 is 2.73 bits per heavy atom. The molecular formula is C10H19N. The summed E-state index contributed by atoms with van der Waals surface area (Å²) in [6.07, 6.45) is 7.81. The molecule has 64 valence electrons. The van der Waals surface area contributed by atoms with E-state index in [0.717, 1.165) is 13.0 Å². The Labute approximate surface area is 70.2 Å². The molecule has 0 saturated heterocycles. The highest BCUT2D eigenvalue weighted by Crippen LogP contribution is 1.96. The average molecular weight is 153 g/mol. The molecule has 0 fully saturated rings. The van der Waals surface area contributed by atoms with Gasteiger partial charge in [0, 0.05) is 5.71 Å². The molecule has 0 bridgehead atoms. The molecule has 0 N–H and O–H groups in total. The second kappa shape index (κ2) is 7.52. The van der Waals surface area contributed by atoms with Crippen molar-refractivity contribution in [1.29, 1.82) is 0 Å². The summed E-state index contributed by atoms with van der Waals surface area (Å²) in [6, 6.07) is 0. The smallest absolute Gasteiger partial charge is 0.0569 e. The predicted molar refractivity (Wildman–Crippen MR) is 52.3 cm³/mol. The van der Waals surface area contributed by atoms with Gasteiger partial charge in [-0.2, -0.15) is 0 Å². The van der Waals surface area contributed by atoms with Gasteiger partial charge in [-0.25, -0.2) is 0 Å². The van der Waals surface area contributed by atoms with Gasteiger partial charge in [-0.3, -0.25) is 4.99 Å². The lowest BCUT2D eigenvalue weighted by molar-refractivity contribution is 0.831. The second-order valence-electron chi connectivity index (χ2n) is 2.75. The molecule has 0 aromatic rings. The van der Waals surface area contributed by atoms with E-state index in [1.807, 2.05) is 13.0 Å². The van der Waals surface area contributed by atoms with E-state index in [2.05, 4.69) is 24.9 Å². The molecule has 0 atom stereocenters. The van der Waals surface area contributed by atoms with E-state index in [-0.39, 0.29) is 0 Å². The minimum Gasteiger partial charge on any atom is -0.290 e. The lowest BCUT2D eigenvalue weighted by atomic mass is 10.2. The van der Waals surface area contributed by atoms with Gasteiger partial charge in [-0.15, -0.1) is 0 Å². The van der Waals surface area contributed by atoms with Gasteiger partial charge >= 0.3 is 0 Å². The molecule has 0 heterocycles. The molecule has 0 aliphatic carbocycles. The number of allylic oxidation sites excluding steroid dienone is 1. The first kappa shape index (κ1) is 10.4. The van der Waals surface area contributed by atoms with E-state index in [1.54, 1.807) is 0 Å². The van der Waals surface area contributed by atoms with Crippen molar-refractivity contribution >= 4 is 5.71 Å². The number of rotatable bonds is 5. The standard InChI is InChI=1S/C10H19N/c1-4-6-8-10(3)11-9-7-5-2/h5,7H,4,6,8-9H2,1-3H3. The first-order valence-corrected chi connectivity index (χ1v) is 4.42. The molecule has 1 heteroatoms. The van der Waals surface area contributed by atoms with Crippen molar-refractivity contribution in [1.82, 2.24) is 0 Å². The molecule has 0 unspecified atom stereocenters. The summed E-state index contributed by atoms with van der Waals surface area (Å²) in [4.78, 5) is 4.38. The minimum absolute atomic E-state index is 0.853. The van der Waals surface area contributed by atoms with Crippen LogP contribution in [0.3, 0.4) is 0 Å². The van der Waals surface area contributed by atoms with Crippen LogP contribution in [0.5, 0.6) is 0 Å². The number of nitrogens with zero attached hydrogens (tertiary/aromatic N) is 1. The number of hydrogen-bond acceptors (Lipinski definition) is 1. The van der Waals surface area contributed by atoms with Crippen LogP contribution in [-0.4, -0.2) is 12.3 Å². The lowest BCUT2D eigenvalue weighted by Gasteiger charge is -1.96. The number of unbranched alkanes of at least 4 members (excludes halogenated alkanes) is 1. The summed E-state index contributed by atoms with van der Waals surface area (Å²) < 4.78 is 0. The highest BCUT2D eigenvalue weighted by atomic mass is 14.7.